The lowest BCUT2D eigenvalue weighted by molar-refractivity contribution is 0.247. The number of fused-ring (bicyclic) bond motifs is 1. The number of sulfonamides is 1. The second-order valence-corrected chi connectivity index (χ2v) is 10.6. The van der Waals surface area contributed by atoms with Crippen LogP contribution in [0.1, 0.15) is 35.4 Å². The van der Waals surface area contributed by atoms with E-state index in [0.717, 1.165) is 41.7 Å². The van der Waals surface area contributed by atoms with Crippen LogP contribution in [0, 0.1) is 6.92 Å². The molecule has 3 aromatic rings. The molecule has 0 atom stereocenters. The van der Waals surface area contributed by atoms with Gasteiger partial charge in [0, 0.05) is 29.8 Å². The molecule has 12 heteroatoms. The molecule has 0 unspecified atom stereocenters. The molecule has 1 aliphatic carbocycles. The summed E-state index contributed by atoms with van der Waals surface area (Å²) in [5.74, 6) is 0. The summed E-state index contributed by atoms with van der Waals surface area (Å²) >= 11 is 12.3. The lowest BCUT2D eigenvalue weighted by Crippen LogP contribution is -2.39. The van der Waals surface area contributed by atoms with Gasteiger partial charge in [-0.25, -0.2) is 17.9 Å². The van der Waals surface area contributed by atoms with Crippen LogP contribution in [0.4, 0.5) is 4.79 Å². The monoisotopic (exact) mass is 522 g/mol. The number of aryl methyl sites for hydroxylation is 3. The van der Waals surface area contributed by atoms with Crippen LogP contribution in [-0.4, -0.2) is 40.6 Å². The molecule has 2 amide bonds. The molecule has 34 heavy (non-hydrogen) atoms. The highest BCUT2D eigenvalue weighted by molar-refractivity contribution is 7.90. The summed E-state index contributed by atoms with van der Waals surface area (Å²) in [5, 5.41) is 12.3. The molecule has 1 aromatic carbocycles. The number of carbonyl (C=O) groups is 1. The van der Waals surface area contributed by atoms with E-state index in [1.807, 2.05) is 27.7 Å². The van der Waals surface area contributed by atoms with Crippen molar-refractivity contribution in [3.8, 4) is 0 Å². The Hall–Kier alpha value is -2.82. The normalized spacial score (nSPS) is 14.8. The lowest BCUT2D eigenvalue weighted by atomic mass is 9.92. The number of urea groups is 1. The number of hydrogen-bond acceptors (Lipinski definition) is 5. The number of benzene rings is 1. The van der Waals surface area contributed by atoms with Crippen LogP contribution in [0.15, 0.2) is 41.6 Å². The Kier molecular flexibility index (Phi) is 7.01. The topological polar surface area (TPSA) is 111 Å². The number of nitrogens with zero attached hydrogens (tertiary/aromatic N) is 4. The van der Waals surface area contributed by atoms with Gasteiger partial charge in [0.2, 0.25) is 0 Å². The first kappa shape index (κ1) is 24.3. The van der Waals surface area contributed by atoms with E-state index in [1.165, 1.54) is 10.9 Å². The van der Waals surface area contributed by atoms with Gasteiger partial charge in [-0.15, -0.1) is 0 Å². The highest BCUT2D eigenvalue weighted by Crippen LogP contribution is 2.31. The zero-order chi connectivity index (χ0) is 24.5. The average molecular weight is 523 g/mol. The summed E-state index contributed by atoms with van der Waals surface area (Å²) in [6, 6.07) is 4.56. The summed E-state index contributed by atoms with van der Waals surface area (Å²) in [7, 11) is -2.40. The van der Waals surface area contributed by atoms with Gasteiger partial charge < -0.3 is 5.32 Å². The quantitative estimate of drug-likeness (QED) is 0.512. The fourth-order valence-corrected chi connectivity index (χ4v) is 5.63. The number of aromatic nitrogens is 4. The predicted molar refractivity (Wildman–Crippen MR) is 130 cm³/mol. The maximum absolute atomic E-state index is 12.5. The van der Waals surface area contributed by atoms with Crippen LogP contribution in [0.2, 0.25) is 10.0 Å². The maximum Gasteiger partial charge on any atom is 0.328 e. The third kappa shape index (κ3) is 5.29. The SMILES string of the molecule is Cc1nn(C)cc1S(=O)(=O)NC(=O)NC/C=C1\CCCc2cnn(Cc3ccc(Cl)cc3Cl)c21. The second-order valence-electron chi connectivity index (χ2n) is 8.06. The van der Waals surface area contributed by atoms with E-state index in [0.29, 0.717) is 22.3 Å². The van der Waals surface area contributed by atoms with Gasteiger partial charge in [-0.3, -0.25) is 9.36 Å². The Morgan fingerprint density at radius 2 is 2.06 bits per heavy atom. The van der Waals surface area contributed by atoms with Crippen molar-refractivity contribution in [2.24, 2.45) is 7.05 Å². The Bertz CT molecular complexity index is 1380. The van der Waals surface area contributed by atoms with Crippen molar-refractivity contribution in [2.75, 3.05) is 6.54 Å². The molecule has 0 aliphatic heterocycles. The Labute approximate surface area is 207 Å². The molecular formula is C22H24Cl2N6O3S. The van der Waals surface area contributed by atoms with Crippen molar-refractivity contribution in [1.29, 1.82) is 0 Å². The molecule has 0 bridgehead atoms. The molecule has 0 spiro atoms. The van der Waals surface area contributed by atoms with Gasteiger partial charge >= 0.3 is 6.03 Å². The standard InChI is InChI=1S/C22H24Cl2N6O3S/c1-14-20(13-29(2)27-14)34(32,33)28-22(31)25-9-8-15-4-3-5-16-11-26-30(21(15)16)12-17-6-7-18(23)10-19(17)24/h6-8,10-11,13H,3-5,9,12H2,1-2H3,(H2,25,28,31)/b15-8+. The number of amides is 2. The van der Waals surface area contributed by atoms with Gasteiger partial charge in [-0.1, -0.05) is 35.3 Å². The average Bonchev–Trinajstić information content (AvgIpc) is 3.33. The number of rotatable bonds is 6. The highest BCUT2D eigenvalue weighted by Gasteiger charge is 2.23. The molecular weight excluding hydrogens is 499 g/mol. The first-order valence-electron chi connectivity index (χ1n) is 10.6. The van der Waals surface area contributed by atoms with Gasteiger partial charge in [0.05, 0.1) is 24.1 Å². The second kappa shape index (κ2) is 9.81. The Morgan fingerprint density at radius 3 is 2.76 bits per heavy atom. The molecule has 9 nitrogen and oxygen atoms in total. The maximum atomic E-state index is 12.5. The molecule has 2 aromatic heterocycles. The minimum Gasteiger partial charge on any atom is -0.334 e. The molecule has 2 heterocycles. The fraction of sp³-hybridized carbons (Fsp3) is 0.318. The first-order chi connectivity index (χ1) is 16.1. The lowest BCUT2D eigenvalue weighted by Gasteiger charge is -2.18. The number of nitrogens with one attached hydrogen (secondary N) is 2. The molecule has 0 saturated carbocycles. The largest absolute Gasteiger partial charge is 0.334 e. The minimum absolute atomic E-state index is 0.0369. The molecule has 180 valence electrons. The van der Waals surface area contributed by atoms with Crippen molar-refractivity contribution in [3.05, 3.63) is 69.2 Å². The summed E-state index contributed by atoms with van der Waals surface area (Å²) in [6.45, 7) is 2.21. The van der Waals surface area contributed by atoms with Gasteiger partial charge in [-0.2, -0.15) is 10.2 Å². The number of allylic oxidation sites excluding steroid dienone is 1. The van der Waals surface area contributed by atoms with E-state index < -0.39 is 16.1 Å². The van der Waals surface area contributed by atoms with Crippen LogP contribution in [0.25, 0.3) is 5.57 Å². The van der Waals surface area contributed by atoms with E-state index in [9.17, 15) is 13.2 Å². The fourth-order valence-electron chi connectivity index (χ4n) is 4.02. The van der Waals surface area contributed by atoms with Crippen LogP contribution in [0.3, 0.4) is 0 Å². The van der Waals surface area contributed by atoms with Crippen molar-refractivity contribution >= 4 is 44.8 Å². The smallest absolute Gasteiger partial charge is 0.328 e. The van der Waals surface area contributed by atoms with Gasteiger partial charge in [-0.05, 0) is 55.0 Å². The van der Waals surface area contributed by atoms with Crippen molar-refractivity contribution in [2.45, 2.75) is 37.6 Å². The molecule has 0 fully saturated rings. The van der Waals surface area contributed by atoms with E-state index in [1.54, 1.807) is 26.1 Å². The number of carbonyl (C=O) groups excluding carboxylic acids is 1. The van der Waals surface area contributed by atoms with Crippen molar-refractivity contribution in [3.63, 3.8) is 0 Å². The third-order valence-electron chi connectivity index (χ3n) is 5.54. The van der Waals surface area contributed by atoms with Crippen molar-refractivity contribution < 1.29 is 13.2 Å². The van der Waals surface area contributed by atoms with E-state index >= 15 is 0 Å². The van der Waals surface area contributed by atoms with E-state index in [2.05, 4.69) is 15.5 Å². The summed E-state index contributed by atoms with van der Waals surface area (Å²) in [5.41, 5.74) is 4.37. The van der Waals surface area contributed by atoms with Gasteiger partial charge in [0.25, 0.3) is 10.0 Å². The zero-order valence-corrected chi connectivity index (χ0v) is 21.0. The van der Waals surface area contributed by atoms with E-state index in [-0.39, 0.29) is 11.4 Å². The van der Waals surface area contributed by atoms with Gasteiger partial charge in [0.15, 0.2) is 0 Å². The Morgan fingerprint density at radius 1 is 1.26 bits per heavy atom. The minimum atomic E-state index is -4.01. The van der Waals surface area contributed by atoms with E-state index in [4.69, 9.17) is 23.2 Å². The number of halogens is 2. The third-order valence-corrected chi connectivity index (χ3v) is 7.56. The van der Waals surface area contributed by atoms with Crippen LogP contribution in [0.5, 0.6) is 0 Å². The summed E-state index contributed by atoms with van der Waals surface area (Å²) < 4.78 is 30.2. The number of hydrogen-bond donors (Lipinski definition) is 2. The summed E-state index contributed by atoms with van der Waals surface area (Å²) in [6.07, 6.45) is 7.80. The molecule has 0 radical (unpaired) electrons. The zero-order valence-electron chi connectivity index (χ0n) is 18.7. The van der Waals surface area contributed by atoms with Crippen LogP contribution < -0.4 is 10.0 Å². The predicted octanol–water partition coefficient (Wildman–Crippen LogP) is 3.69. The van der Waals surface area contributed by atoms with Gasteiger partial charge in [0.1, 0.15) is 4.90 Å². The molecule has 2 N–H and O–H groups in total. The molecule has 0 saturated heterocycles. The highest BCUT2D eigenvalue weighted by atomic mass is 35.5. The summed E-state index contributed by atoms with van der Waals surface area (Å²) in [4.78, 5) is 12.2. The molecule has 4 rings (SSSR count). The molecule has 1 aliphatic rings. The van der Waals surface area contributed by atoms with Crippen molar-refractivity contribution in [1.82, 2.24) is 29.6 Å². The first-order valence-corrected chi connectivity index (χ1v) is 12.9. The van der Waals surface area contributed by atoms with Crippen LogP contribution in [-0.2, 0) is 30.0 Å². The van der Waals surface area contributed by atoms with Crippen LogP contribution >= 0.6 is 23.2 Å². The Balaban J connectivity index is 1.45.